The Kier molecular flexibility index (Phi) is 5.76. The molecule has 0 spiro atoms. The van der Waals surface area contributed by atoms with Crippen molar-refractivity contribution in [1.29, 1.82) is 0 Å². The lowest BCUT2D eigenvalue weighted by Crippen LogP contribution is -2.38. The summed E-state index contributed by atoms with van der Waals surface area (Å²) < 4.78 is 1.69. The zero-order chi connectivity index (χ0) is 15.2. The number of carboxylic acids is 1. The second-order valence-corrected chi connectivity index (χ2v) is 5.88. The summed E-state index contributed by atoms with van der Waals surface area (Å²) in [5, 5.41) is 16.8. The van der Waals surface area contributed by atoms with E-state index in [2.05, 4.69) is 22.2 Å². The fourth-order valence-electron chi connectivity index (χ4n) is 3.04. The van der Waals surface area contributed by atoms with Crippen LogP contribution in [0.3, 0.4) is 0 Å². The van der Waals surface area contributed by atoms with Crippen LogP contribution in [-0.2, 0) is 13.6 Å². The molecule has 118 valence electrons. The Bertz CT molecular complexity index is 466. The number of nitrogens with zero attached hydrogens (tertiary/aromatic N) is 3. The minimum Gasteiger partial charge on any atom is -0.478 e. The Morgan fingerprint density at radius 2 is 2.43 bits per heavy atom. The van der Waals surface area contributed by atoms with Crippen molar-refractivity contribution in [2.75, 3.05) is 26.2 Å². The van der Waals surface area contributed by atoms with Gasteiger partial charge >= 0.3 is 5.97 Å². The lowest BCUT2D eigenvalue weighted by Gasteiger charge is -2.30. The van der Waals surface area contributed by atoms with Crippen molar-refractivity contribution in [2.24, 2.45) is 13.0 Å². The van der Waals surface area contributed by atoms with Crippen molar-refractivity contribution in [3.63, 3.8) is 0 Å². The molecule has 1 fully saturated rings. The van der Waals surface area contributed by atoms with Crippen LogP contribution in [0.2, 0.25) is 0 Å². The molecule has 0 saturated carbocycles. The topological polar surface area (TPSA) is 70.4 Å². The fraction of sp³-hybridized carbons (Fsp3) is 0.733. The zero-order valence-electron chi connectivity index (χ0n) is 13.0. The van der Waals surface area contributed by atoms with Crippen LogP contribution in [0.25, 0.3) is 0 Å². The molecule has 2 rings (SSSR count). The van der Waals surface area contributed by atoms with Crippen molar-refractivity contribution in [1.82, 2.24) is 20.0 Å². The normalized spacial score (nSPS) is 19.1. The third-order valence-electron chi connectivity index (χ3n) is 4.12. The number of aromatic nitrogens is 2. The number of aryl methyl sites for hydroxylation is 1. The van der Waals surface area contributed by atoms with Crippen molar-refractivity contribution in [3.05, 3.63) is 17.5 Å². The van der Waals surface area contributed by atoms with Crippen LogP contribution in [0, 0.1) is 5.92 Å². The molecular weight excluding hydrogens is 268 g/mol. The van der Waals surface area contributed by atoms with Gasteiger partial charge in [0.2, 0.25) is 0 Å². The lowest BCUT2D eigenvalue weighted by atomic mass is 9.99. The van der Waals surface area contributed by atoms with E-state index in [1.807, 2.05) is 7.05 Å². The van der Waals surface area contributed by atoms with Gasteiger partial charge in [-0.25, -0.2) is 4.79 Å². The van der Waals surface area contributed by atoms with Crippen molar-refractivity contribution in [2.45, 2.75) is 32.7 Å². The first-order valence-electron chi connectivity index (χ1n) is 7.79. The molecule has 2 heterocycles. The summed E-state index contributed by atoms with van der Waals surface area (Å²) in [7, 11) is 1.81. The maximum absolute atomic E-state index is 11.3. The van der Waals surface area contributed by atoms with Gasteiger partial charge in [-0.15, -0.1) is 0 Å². The van der Waals surface area contributed by atoms with E-state index in [4.69, 9.17) is 0 Å². The number of hydrogen-bond acceptors (Lipinski definition) is 4. The number of aromatic carboxylic acids is 1. The van der Waals surface area contributed by atoms with E-state index >= 15 is 0 Å². The first-order valence-corrected chi connectivity index (χ1v) is 7.79. The maximum Gasteiger partial charge on any atom is 0.339 e. The molecule has 0 bridgehead atoms. The Hall–Kier alpha value is -1.40. The molecule has 21 heavy (non-hydrogen) atoms. The molecule has 1 aromatic heterocycles. The van der Waals surface area contributed by atoms with Crippen LogP contribution in [0.5, 0.6) is 0 Å². The van der Waals surface area contributed by atoms with Crippen LogP contribution in [-0.4, -0.2) is 51.9 Å². The quantitative estimate of drug-likeness (QED) is 0.794. The molecule has 2 N–H and O–H groups in total. The average molecular weight is 294 g/mol. The van der Waals surface area contributed by atoms with E-state index < -0.39 is 5.97 Å². The first-order chi connectivity index (χ1) is 10.1. The Morgan fingerprint density at radius 1 is 1.62 bits per heavy atom. The predicted molar refractivity (Wildman–Crippen MR) is 81.3 cm³/mol. The molecule has 0 radical (unpaired) electrons. The monoisotopic (exact) mass is 294 g/mol. The van der Waals surface area contributed by atoms with Crippen molar-refractivity contribution in [3.8, 4) is 0 Å². The van der Waals surface area contributed by atoms with Gasteiger partial charge in [-0.2, -0.15) is 5.10 Å². The first kappa shape index (κ1) is 16.0. The molecule has 1 aromatic rings. The Balaban J connectivity index is 2.04. The minimum atomic E-state index is -0.895. The number of carboxylic acid groups (broad SMARTS) is 1. The number of rotatable bonds is 7. The van der Waals surface area contributed by atoms with Gasteiger partial charge in [0.25, 0.3) is 0 Å². The third kappa shape index (κ3) is 4.28. The molecule has 0 aromatic carbocycles. The molecule has 1 atom stereocenters. The maximum atomic E-state index is 11.3. The van der Waals surface area contributed by atoms with Gasteiger partial charge in [0.15, 0.2) is 0 Å². The fourth-order valence-corrected chi connectivity index (χ4v) is 3.04. The van der Waals surface area contributed by atoms with Crippen LogP contribution in [0.4, 0.5) is 0 Å². The average Bonchev–Trinajstić information content (AvgIpc) is 2.82. The van der Waals surface area contributed by atoms with Crippen molar-refractivity contribution >= 4 is 5.97 Å². The minimum absolute atomic E-state index is 0.320. The summed E-state index contributed by atoms with van der Waals surface area (Å²) in [6.07, 6.45) is 5.01. The highest BCUT2D eigenvalue weighted by atomic mass is 16.4. The van der Waals surface area contributed by atoms with E-state index in [9.17, 15) is 9.90 Å². The van der Waals surface area contributed by atoms with Gasteiger partial charge in [0, 0.05) is 20.1 Å². The molecule has 6 nitrogen and oxygen atoms in total. The van der Waals surface area contributed by atoms with E-state index in [1.165, 1.54) is 19.0 Å². The molecule has 1 aliphatic rings. The van der Waals surface area contributed by atoms with Gasteiger partial charge in [-0.3, -0.25) is 9.58 Å². The summed E-state index contributed by atoms with van der Waals surface area (Å²) in [5.41, 5.74) is 1.11. The molecule has 0 amide bonds. The Morgan fingerprint density at radius 3 is 3.05 bits per heavy atom. The second kappa shape index (κ2) is 7.56. The van der Waals surface area contributed by atoms with E-state index in [-0.39, 0.29) is 0 Å². The van der Waals surface area contributed by atoms with Crippen molar-refractivity contribution < 1.29 is 9.90 Å². The summed E-state index contributed by atoms with van der Waals surface area (Å²) in [6, 6.07) is 0. The zero-order valence-corrected chi connectivity index (χ0v) is 13.0. The van der Waals surface area contributed by atoms with Gasteiger partial charge in [-0.05, 0) is 44.8 Å². The highest BCUT2D eigenvalue weighted by molar-refractivity contribution is 5.88. The van der Waals surface area contributed by atoms with E-state index in [0.29, 0.717) is 18.0 Å². The molecule has 1 saturated heterocycles. The highest BCUT2D eigenvalue weighted by Gasteiger charge is 2.21. The van der Waals surface area contributed by atoms with E-state index in [1.54, 1.807) is 4.68 Å². The predicted octanol–water partition coefficient (Wildman–Crippen LogP) is 1.33. The van der Waals surface area contributed by atoms with Crippen LogP contribution in [0.15, 0.2) is 6.20 Å². The van der Waals surface area contributed by atoms with Crippen LogP contribution >= 0.6 is 0 Å². The smallest absolute Gasteiger partial charge is 0.339 e. The molecule has 6 heteroatoms. The van der Waals surface area contributed by atoms with Gasteiger partial charge in [-0.1, -0.05) is 6.92 Å². The van der Waals surface area contributed by atoms with Gasteiger partial charge in [0.1, 0.15) is 5.56 Å². The highest BCUT2D eigenvalue weighted by Crippen LogP contribution is 2.16. The number of nitrogens with one attached hydrogen (secondary N) is 1. The number of hydrogen-bond donors (Lipinski definition) is 2. The molecule has 0 aliphatic carbocycles. The molecule has 1 unspecified atom stereocenters. The SMILES string of the molecule is CCCN(Cc1c(C(=O)O)cnn1C)CC1CCCNC1. The largest absolute Gasteiger partial charge is 0.478 e. The summed E-state index contributed by atoms with van der Waals surface area (Å²) in [6.45, 7) is 7.01. The summed E-state index contributed by atoms with van der Waals surface area (Å²) in [5.74, 6) is -0.235. The number of piperidine rings is 1. The standard InChI is InChI=1S/C15H26N4O2/c1-3-7-19(10-12-5-4-6-16-8-12)11-14-13(15(20)21)9-17-18(14)2/h9,12,16H,3-8,10-11H2,1-2H3,(H,20,21). The van der Waals surface area contributed by atoms with Crippen LogP contribution < -0.4 is 5.32 Å². The van der Waals surface area contributed by atoms with Gasteiger partial charge in [0.05, 0.1) is 11.9 Å². The summed E-state index contributed by atoms with van der Waals surface area (Å²) >= 11 is 0. The van der Waals surface area contributed by atoms with Crippen LogP contribution in [0.1, 0.15) is 42.2 Å². The Labute approximate surface area is 126 Å². The molecular formula is C15H26N4O2. The van der Waals surface area contributed by atoms with E-state index in [0.717, 1.165) is 38.3 Å². The molecule has 1 aliphatic heterocycles. The second-order valence-electron chi connectivity index (χ2n) is 5.88. The van der Waals surface area contributed by atoms with Gasteiger partial charge < -0.3 is 10.4 Å². The third-order valence-corrected chi connectivity index (χ3v) is 4.12. The lowest BCUT2D eigenvalue weighted by molar-refractivity contribution is 0.0693. The number of carbonyl (C=O) groups is 1. The summed E-state index contributed by atoms with van der Waals surface area (Å²) in [4.78, 5) is 13.6.